The van der Waals surface area contributed by atoms with Gasteiger partial charge in [0, 0.05) is 18.7 Å². The summed E-state index contributed by atoms with van der Waals surface area (Å²) in [5.41, 5.74) is 1.30. The Balaban J connectivity index is 2.23. The molecule has 3 nitrogen and oxygen atoms in total. The highest BCUT2D eigenvalue weighted by Gasteiger charge is 2.27. The Morgan fingerprint density at radius 1 is 1.44 bits per heavy atom. The van der Waals surface area contributed by atoms with Gasteiger partial charge in [0.25, 0.3) is 5.91 Å². The molecule has 0 unspecified atom stereocenters. The van der Waals surface area contributed by atoms with Crippen LogP contribution in [0, 0.1) is 11.8 Å². The minimum atomic E-state index is -0.193. The van der Waals surface area contributed by atoms with Gasteiger partial charge in [-0.05, 0) is 31.4 Å². The van der Waals surface area contributed by atoms with Gasteiger partial charge < -0.3 is 10.0 Å². The lowest BCUT2D eigenvalue weighted by Crippen LogP contribution is -2.41. The van der Waals surface area contributed by atoms with E-state index in [0.29, 0.717) is 17.2 Å². The standard InChI is InChI=1S/C15H17NO2/c1-16(13-8-4-9-13)15(18)14-10-3-2-6-12(14)7-5-11-17/h2-3,6,10,13,17H,4,8-9,11H2,1H3. The van der Waals surface area contributed by atoms with Crippen molar-refractivity contribution in [1.29, 1.82) is 0 Å². The molecule has 1 amide bonds. The third-order valence-corrected chi connectivity index (χ3v) is 3.40. The Morgan fingerprint density at radius 2 is 2.17 bits per heavy atom. The molecular weight excluding hydrogens is 226 g/mol. The van der Waals surface area contributed by atoms with E-state index in [0.717, 1.165) is 12.8 Å². The van der Waals surface area contributed by atoms with E-state index in [-0.39, 0.29) is 12.5 Å². The van der Waals surface area contributed by atoms with E-state index in [9.17, 15) is 4.79 Å². The molecule has 1 fully saturated rings. The van der Waals surface area contributed by atoms with Crippen molar-refractivity contribution in [1.82, 2.24) is 4.90 Å². The first-order chi connectivity index (χ1) is 8.74. The predicted molar refractivity (Wildman–Crippen MR) is 70.1 cm³/mol. The Kier molecular flexibility index (Phi) is 4.01. The molecule has 0 aliphatic heterocycles. The summed E-state index contributed by atoms with van der Waals surface area (Å²) in [7, 11) is 1.85. The van der Waals surface area contributed by atoms with Crippen LogP contribution in [0.5, 0.6) is 0 Å². The van der Waals surface area contributed by atoms with E-state index in [1.54, 1.807) is 6.07 Å². The smallest absolute Gasteiger partial charge is 0.255 e. The first-order valence-electron chi connectivity index (χ1n) is 6.20. The number of carbonyl (C=O) groups is 1. The van der Waals surface area contributed by atoms with Gasteiger partial charge in [0.05, 0.1) is 5.56 Å². The predicted octanol–water partition coefficient (Wildman–Crippen LogP) is 1.65. The Bertz CT molecular complexity index is 495. The van der Waals surface area contributed by atoms with E-state index >= 15 is 0 Å². The van der Waals surface area contributed by atoms with Crippen LogP contribution in [0.4, 0.5) is 0 Å². The first-order valence-corrected chi connectivity index (χ1v) is 6.20. The van der Waals surface area contributed by atoms with E-state index in [4.69, 9.17) is 5.11 Å². The fourth-order valence-corrected chi connectivity index (χ4v) is 2.04. The van der Waals surface area contributed by atoms with Crippen molar-refractivity contribution in [3.05, 3.63) is 35.4 Å². The molecule has 0 aromatic heterocycles. The number of amides is 1. The molecule has 1 saturated carbocycles. The Labute approximate surface area is 107 Å². The second-order valence-corrected chi connectivity index (χ2v) is 4.51. The Morgan fingerprint density at radius 3 is 2.78 bits per heavy atom. The lowest BCUT2D eigenvalue weighted by atomic mass is 9.91. The summed E-state index contributed by atoms with van der Waals surface area (Å²) >= 11 is 0. The summed E-state index contributed by atoms with van der Waals surface area (Å²) in [6, 6.07) is 7.66. The van der Waals surface area contributed by atoms with Crippen molar-refractivity contribution >= 4 is 5.91 Å². The maximum absolute atomic E-state index is 12.4. The van der Waals surface area contributed by atoms with Crippen LogP contribution in [0.3, 0.4) is 0 Å². The molecule has 1 aliphatic rings. The van der Waals surface area contributed by atoms with E-state index in [1.165, 1.54) is 6.42 Å². The van der Waals surface area contributed by atoms with E-state index in [1.807, 2.05) is 30.1 Å². The van der Waals surface area contributed by atoms with Crippen LogP contribution in [-0.4, -0.2) is 35.6 Å². The molecule has 3 heteroatoms. The van der Waals surface area contributed by atoms with Crippen LogP contribution in [0.2, 0.25) is 0 Å². The van der Waals surface area contributed by atoms with Crippen molar-refractivity contribution in [2.45, 2.75) is 25.3 Å². The number of aliphatic hydroxyl groups is 1. The number of carbonyl (C=O) groups excluding carboxylic acids is 1. The van der Waals surface area contributed by atoms with Crippen LogP contribution in [0.15, 0.2) is 24.3 Å². The highest BCUT2D eigenvalue weighted by Crippen LogP contribution is 2.25. The van der Waals surface area contributed by atoms with E-state index < -0.39 is 0 Å². The summed E-state index contributed by atoms with van der Waals surface area (Å²) in [6.07, 6.45) is 3.38. The van der Waals surface area contributed by atoms with Gasteiger partial charge in [-0.25, -0.2) is 0 Å². The molecule has 1 aliphatic carbocycles. The molecule has 0 radical (unpaired) electrons. The number of rotatable bonds is 2. The zero-order valence-corrected chi connectivity index (χ0v) is 10.5. The summed E-state index contributed by atoms with van der Waals surface area (Å²) in [6.45, 7) is -0.193. The molecule has 0 spiro atoms. The number of aliphatic hydroxyl groups excluding tert-OH is 1. The van der Waals surface area contributed by atoms with Gasteiger partial charge in [-0.2, -0.15) is 0 Å². The average molecular weight is 243 g/mol. The number of hydrogen-bond donors (Lipinski definition) is 1. The zero-order chi connectivity index (χ0) is 13.0. The maximum Gasteiger partial charge on any atom is 0.255 e. The molecule has 18 heavy (non-hydrogen) atoms. The highest BCUT2D eigenvalue weighted by atomic mass is 16.2. The third kappa shape index (κ3) is 2.55. The van der Waals surface area contributed by atoms with Gasteiger partial charge >= 0.3 is 0 Å². The van der Waals surface area contributed by atoms with Gasteiger partial charge in [0.1, 0.15) is 6.61 Å². The molecule has 0 saturated heterocycles. The molecule has 1 aromatic rings. The van der Waals surface area contributed by atoms with Gasteiger partial charge in [0.2, 0.25) is 0 Å². The molecule has 0 bridgehead atoms. The minimum Gasteiger partial charge on any atom is -0.384 e. The lowest BCUT2D eigenvalue weighted by Gasteiger charge is -2.34. The largest absolute Gasteiger partial charge is 0.384 e. The fourth-order valence-electron chi connectivity index (χ4n) is 2.04. The molecule has 0 heterocycles. The van der Waals surface area contributed by atoms with Gasteiger partial charge in [-0.1, -0.05) is 24.0 Å². The molecule has 0 atom stereocenters. The number of hydrogen-bond acceptors (Lipinski definition) is 2. The topological polar surface area (TPSA) is 40.5 Å². The molecule has 94 valence electrons. The van der Waals surface area contributed by atoms with Crippen LogP contribution < -0.4 is 0 Å². The average Bonchev–Trinajstić information content (AvgIpc) is 2.33. The van der Waals surface area contributed by atoms with Gasteiger partial charge in [-0.15, -0.1) is 0 Å². The monoisotopic (exact) mass is 243 g/mol. The summed E-state index contributed by atoms with van der Waals surface area (Å²) in [5.74, 6) is 5.43. The SMILES string of the molecule is CN(C(=O)c1ccccc1C#CCO)C1CCC1. The van der Waals surface area contributed by atoms with Crippen molar-refractivity contribution in [2.75, 3.05) is 13.7 Å². The number of benzene rings is 1. The van der Waals surface area contributed by atoms with E-state index in [2.05, 4.69) is 11.8 Å². The summed E-state index contributed by atoms with van der Waals surface area (Å²) < 4.78 is 0. The quantitative estimate of drug-likeness (QED) is 0.802. The van der Waals surface area contributed by atoms with Crippen molar-refractivity contribution in [3.63, 3.8) is 0 Å². The maximum atomic E-state index is 12.4. The van der Waals surface area contributed by atoms with Crippen molar-refractivity contribution in [2.24, 2.45) is 0 Å². The van der Waals surface area contributed by atoms with Crippen LogP contribution >= 0.6 is 0 Å². The molecule has 1 aromatic carbocycles. The normalized spacial score (nSPS) is 14.3. The van der Waals surface area contributed by atoms with Crippen molar-refractivity contribution < 1.29 is 9.90 Å². The van der Waals surface area contributed by atoms with Crippen molar-refractivity contribution in [3.8, 4) is 11.8 Å². The zero-order valence-electron chi connectivity index (χ0n) is 10.5. The molecule has 2 rings (SSSR count). The summed E-state index contributed by atoms with van der Waals surface area (Å²) in [4.78, 5) is 14.2. The lowest BCUT2D eigenvalue weighted by molar-refractivity contribution is 0.0652. The third-order valence-electron chi connectivity index (χ3n) is 3.40. The second kappa shape index (κ2) is 5.70. The number of nitrogens with zero attached hydrogens (tertiary/aromatic N) is 1. The summed E-state index contributed by atoms with van der Waals surface area (Å²) in [5, 5.41) is 8.73. The Hall–Kier alpha value is -1.79. The molecular formula is C15H17NO2. The molecule has 1 N–H and O–H groups in total. The minimum absolute atomic E-state index is 0.0162. The van der Waals surface area contributed by atoms with Crippen LogP contribution in [0.25, 0.3) is 0 Å². The van der Waals surface area contributed by atoms with Crippen LogP contribution in [0.1, 0.15) is 35.2 Å². The second-order valence-electron chi connectivity index (χ2n) is 4.51. The van der Waals surface area contributed by atoms with Gasteiger partial charge in [0.15, 0.2) is 0 Å². The first kappa shape index (κ1) is 12.7. The van der Waals surface area contributed by atoms with Crippen LogP contribution in [-0.2, 0) is 0 Å². The fraction of sp³-hybridized carbons (Fsp3) is 0.400. The highest BCUT2D eigenvalue weighted by molar-refractivity contribution is 5.96. The van der Waals surface area contributed by atoms with Gasteiger partial charge in [-0.3, -0.25) is 4.79 Å².